The molecule has 0 aliphatic heterocycles. The number of aryl methyl sites for hydroxylation is 1. The third-order valence-electron chi connectivity index (χ3n) is 4.40. The SMILES string of the molecule is CC(=O)Nc1ccc(C)cc1NC(=O)[C@H](C)O[C@H]1CCC[C@@H](C)C1. The third-order valence-corrected chi connectivity index (χ3v) is 4.40. The van der Waals surface area contributed by atoms with Gasteiger partial charge in [-0.1, -0.05) is 25.8 Å². The van der Waals surface area contributed by atoms with E-state index in [-0.39, 0.29) is 17.9 Å². The van der Waals surface area contributed by atoms with Gasteiger partial charge in [-0.25, -0.2) is 0 Å². The van der Waals surface area contributed by atoms with Gasteiger partial charge < -0.3 is 15.4 Å². The van der Waals surface area contributed by atoms with Gasteiger partial charge in [0.25, 0.3) is 5.91 Å². The number of carbonyl (C=O) groups excluding carboxylic acids is 2. The average Bonchev–Trinajstić information content (AvgIpc) is 2.49. The minimum atomic E-state index is -0.522. The Balaban J connectivity index is 2.00. The smallest absolute Gasteiger partial charge is 0.253 e. The van der Waals surface area contributed by atoms with Crippen molar-refractivity contribution in [3.05, 3.63) is 23.8 Å². The number of amides is 2. The number of hydrogen-bond acceptors (Lipinski definition) is 3. The van der Waals surface area contributed by atoms with Crippen molar-refractivity contribution in [3.63, 3.8) is 0 Å². The van der Waals surface area contributed by atoms with E-state index in [9.17, 15) is 9.59 Å². The fourth-order valence-corrected chi connectivity index (χ4v) is 3.15. The topological polar surface area (TPSA) is 67.4 Å². The maximum absolute atomic E-state index is 12.5. The lowest BCUT2D eigenvalue weighted by Crippen LogP contribution is -2.33. The van der Waals surface area contributed by atoms with Crippen molar-refractivity contribution in [3.8, 4) is 0 Å². The van der Waals surface area contributed by atoms with Crippen molar-refractivity contribution in [2.75, 3.05) is 10.6 Å². The number of hydrogen-bond donors (Lipinski definition) is 2. The van der Waals surface area contributed by atoms with Crippen LogP contribution in [0.4, 0.5) is 11.4 Å². The fraction of sp³-hybridized carbons (Fsp3) is 0.579. The summed E-state index contributed by atoms with van der Waals surface area (Å²) in [7, 11) is 0. The molecule has 24 heavy (non-hydrogen) atoms. The molecular weight excluding hydrogens is 304 g/mol. The minimum absolute atomic E-state index is 0.154. The molecule has 3 atom stereocenters. The highest BCUT2D eigenvalue weighted by Gasteiger charge is 2.24. The van der Waals surface area contributed by atoms with Crippen LogP contribution in [-0.4, -0.2) is 24.0 Å². The molecule has 0 unspecified atom stereocenters. The Kier molecular flexibility index (Phi) is 6.37. The lowest BCUT2D eigenvalue weighted by molar-refractivity contribution is -0.131. The van der Waals surface area contributed by atoms with Crippen LogP contribution in [0.3, 0.4) is 0 Å². The second-order valence-corrected chi connectivity index (χ2v) is 6.89. The van der Waals surface area contributed by atoms with E-state index >= 15 is 0 Å². The van der Waals surface area contributed by atoms with Crippen molar-refractivity contribution in [2.24, 2.45) is 5.92 Å². The van der Waals surface area contributed by atoms with Gasteiger partial charge in [-0.2, -0.15) is 0 Å². The molecule has 0 heterocycles. The van der Waals surface area contributed by atoms with Crippen LogP contribution in [0, 0.1) is 12.8 Å². The Morgan fingerprint density at radius 1 is 1.21 bits per heavy atom. The first kappa shape index (κ1) is 18.5. The molecule has 1 aliphatic carbocycles. The zero-order valence-electron chi connectivity index (χ0n) is 15.0. The monoisotopic (exact) mass is 332 g/mol. The summed E-state index contributed by atoms with van der Waals surface area (Å²) in [6, 6.07) is 5.53. The van der Waals surface area contributed by atoms with Crippen LogP contribution in [0.25, 0.3) is 0 Å². The molecule has 132 valence electrons. The normalized spacial score (nSPS) is 21.8. The highest BCUT2D eigenvalue weighted by atomic mass is 16.5. The first-order valence-corrected chi connectivity index (χ1v) is 8.69. The highest BCUT2D eigenvalue weighted by Crippen LogP contribution is 2.27. The van der Waals surface area contributed by atoms with E-state index < -0.39 is 6.10 Å². The second-order valence-electron chi connectivity index (χ2n) is 6.89. The maximum Gasteiger partial charge on any atom is 0.253 e. The summed E-state index contributed by atoms with van der Waals surface area (Å²) in [5, 5.41) is 5.62. The van der Waals surface area contributed by atoms with Gasteiger partial charge in [-0.15, -0.1) is 0 Å². The number of anilines is 2. The van der Waals surface area contributed by atoms with Gasteiger partial charge in [0.15, 0.2) is 0 Å². The molecule has 0 saturated heterocycles. The first-order chi connectivity index (χ1) is 11.3. The van der Waals surface area contributed by atoms with Crippen LogP contribution in [0.5, 0.6) is 0 Å². The molecule has 2 rings (SSSR count). The molecule has 1 saturated carbocycles. The molecule has 2 amide bonds. The molecule has 1 fully saturated rings. The van der Waals surface area contributed by atoms with Gasteiger partial charge in [0.1, 0.15) is 6.10 Å². The second kappa shape index (κ2) is 8.29. The fourth-order valence-electron chi connectivity index (χ4n) is 3.15. The summed E-state index contributed by atoms with van der Waals surface area (Å²) in [4.78, 5) is 23.8. The van der Waals surface area contributed by atoms with Crippen LogP contribution in [0.2, 0.25) is 0 Å². The van der Waals surface area contributed by atoms with Crippen molar-refractivity contribution in [1.29, 1.82) is 0 Å². The van der Waals surface area contributed by atoms with Crippen LogP contribution >= 0.6 is 0 Å². The highest BCUT2D eigenvalue weighted by molar-refractivity contribution is 6.00. The molecule has 0 spiro atoms. The predicted molar refractivity (Wildman–Crippen MR) is 96.1 cm³/mol. The van der Waals surface area contributed by atoms with E-state index in [1.54, 1.807) is 13.0 Å². The van der Waals surface area contributed by atoms with Crippen LogP contribution in [-0.2, 0) is 14.3 Å². The number of rotatable bonds is 5. The van der Waals surface area contributed by atoms with E-state index in [2.05, 4.69) is 17.6 Å². The number of ether oxygens (including phenoxy) is 1. The summed E-state index contributed by atoms with van der Waals surface area (Å²) in [5.41, 5.74) is 2.21. The Bertz CT molecular complexity index is 600. The van der Waals surface area contributed by atoms with E-state index in [1.807, 2.05) is 19.1 Å². The van der Waals surface area contributed by atoms with Crippen LogP contribution in [0.1, 0.15) is 52.0 Å². The zero-order chi connectivity index (χ0) is 17.7. The van der Waals surface area contributed by atoms with Gasteiger partial charge in [0.2, 0.25) is 5.91 Å². The predicted octanol–water partition coefficient (Wildman–Crippen LogP) is 3.88. The first-order valence-electron chi connectivity index (χ1n) is 8.69. The van der Waals surface area contributed by atoms with Crippen molar-refractivity contribution >= 4 is 23.2 Å². The third kappa shape index (κ3) is 5.34. The molecule has 2 N–H and O–H groups in total. The average molecular weight is 332 g/mol. The Hall–Kier alpha value is -1.88. The molecule has 0 aromatic heterocycles. The van der Waals surface area contributed by atoms with E-state index in [0.717, 1.165) is 24.8 Å². The van der Waals surface area contributed by atoms with E-state index in [0.29, 0.717) is 17.3 Å². The lowest BCUT2D eigenvalue weighted by atomic mass is 9.88. The Labute approximate surface area is 144 Å². The number of nitrogens with one attached hydrogen (secondary N) is 2. The molecule has 0 radical (unpaired) electrons. The Morgan fingerprint density at radius 2 is 1.96 bits per heavy atom. The molecule has 1 aromatic rings. The van der Waals surface area contributed by atoms with E-state index in [1.165, 1.54) is 13.3 Å². The molecule has 1 aromatic carbocycles. The summed E-state index contributed by atoms with van der Waals surface area (Å²) in [6.07, 6.45) is 4.06. The standard InChI is InChI=1S/C19H28N2O3/c1-12-6-5-7-16(10-12)24-14(3)19(23)21-18-11-13(2)8-9-17(18)20-15(4)22/h8-9,11-12,14,16H,5-7,10H2,1-4H3,(H,20,22)(H,21,23)/t12-,14+,16+/m1/s1. The summed E-state index contributed by atoms with van der Waals surface area (Å²) >= 11 is 0. The van der Waals surface area contributed by atoms with Crippen LogP contribution < -0.4 is 10.6 Å². The van der Waals surface area contributed by atoms with Gasteiger partial charge in [-0.3, -0.25) is 9.59 Å². The maximum atomic E-state index is 12.5. The quantitative estimate of drug-likeness (QED) is 0.860. The van der Waals surface area contributed by atoms with Gasteiger partial charge in [0, 0.05) is 6.92 Å². The summed E-state index contributed by atoms with van der Waals surface area (Å²) in [6.45, 7) is 7.40. The van der Waals surface area contributed by atoms with Crippen molar-refractivity contribution in [2.45, 2.75) is 65.6 Å². The molecule has 5 nitrogen and oxygen atoms in total. The van der Waals surface area contributed by atoms with Gasteiger partial charge in [0.05, 0.1) is 17.5 Å². The largest absolute Gasteiger partial charge is 0.365 e. The number of carbonyl (C=O) groups is 2. The molecule has 5 heteroatoms. The number of benzene rings is 1. The molecule has 0 bridgehead atoms. The van der Waals surface area contributed by atoms with Crippen molar-refractivity contribution < 1.29 is 14.3 Å². The summed E-state index contributed by atoms with van der Waals surface area (Å²) < 4.78 is 5.95. The minimum Gasteiger partial charge on any atom is -0.365 e. The van der Waals surface area contributed by atoms with E-state index in [4.69, 9.17) is 4.74 Å². The Morgan fingerprint density at radius 3 is 2.62 bits per heavy atom. The van der Waals surface area contributed by atoms with Crippen molar-refractivity contribution in [1.82, 2.24) is 0 Å². The lowest BCUT2D eigenvalue weighted by Gasteiger charge is -2.29. The molecule has 1 aliphatic rings. The summed E-state index contributed by atoms with van der Waals surface area (Å²) in [5.74, 6) is 0.294. The van der Waals surface area contributed by atoms with Gasteiger partial charge >= 0.3 is 0 Å². The van der Waals surface area contributed by atoms with Crippen LogP contribution in [0.15, 0.2) is 18.2 Å². The molecular formula is C19H28N2O3. The zero-order valence-corrected chi connectivity index (χ0v) is 15.0. The van der Waals surface area contributed by atoms with Gasteiger partial charge in [-0.05, 0) is 50.3 Å².